The third-order valence-corrected chi connectivity index (χ3v) is 3.85. The van der Waals surface area contributed by atoms with Crippen LogP contribution in [0.15, 0.2) is 28.7 Å². The molecule has 3 N–H and O–H groups in total. The van der Waals surface area contributed by atoms with E-state index in [9.17, 15) is 0 Å². The molecule has 0 unspecified atom stereocenters. The van der Waals surface area contributed by atoms with E-state index in [2.05, 4.69) is 26.3 Å². The zero-order chi connectivity index (χ0) is 12.7. The summed E-state index contributed by atoms with van der Waals surface area (Å²) in [6, 6.07) is 8.02. The van der Waals surface area contributed by atoms with Gasteiger partial charge in [0.05, 0.1) is 5.69 Å². The summed E-state index contributed by atoms with van der Waals surface area (Å²) in [5.74, 6) is 0.924. The van der Waals surface area contributed by atoms with Gasteiger partial charge in [-0.1, -0.05) is 34.1 Å². The van der Waals surface area contributed by atoms with Gasteiger partial charge in [0.25, 0.3) is 0 Å². The van der Waals surface area contributed by atoms with Crippen LogP contribution in [0.3, 0.4) is 0 Å². The topological polar surface area (TPSA) is 55.9 Å². The molecule has 6 heteroatoms. The molecule has 4 nitrogen and oxygen atoms in total. The molecule has 0 fully saturated rings. The SMILES string of the molecule is NC(=S)n1nc(-c2ccccc2Br)c2c1NCC2. The highest BCUT2D eigenvalue weighted by Crippen LogP contribution is 2.35. The molecule has 0 saturated carbocycles. The largest absolute Gasteiger partial charge is 0.374 e. The molecule has 3 rings (SSSR count). The fourth-order valence-electron chi connectivity index (χ4n) is 2.20. The first-order valence-electron chi connectivity index (χ1n) is 5.59. The first-order valence-corrected chi connectivity index (χ1v) is 6.79. The van der Waals surface area contributed by atoms with E-state index in [1.165, 1.54) is 5.56 Å². The van der Waals surface area contributed by atoms with Gasteiger partial charge in [-0.2, -0.15) is 9.78 Å². The lowest BCUT2D eigenvalue weighted by Gasteiger charge is -2.03. The predicted octanol–water partition coefficient (Wildman–Crippen LogP) is 2.37. The molecular formula is C12H11BrN4S. The van der Waals surface area contributed by atoms with Crippen LogP contribution in [0.1, 0.15) is 5.56 Å². The van der Waals surface area contributed by atoms with Gasteiger partial charge in [-0.05, 0) is 24.7 Å². The second kappa shape index (κ2) is 4.37. The van der Waals surface area contributed by atoms with Crippen LogP contribution in [0.25, 0.3) is 11.3 Å². The van der Waals surface area contributed by atoms with Gasteiger partial charge in [-0.25, -0.2) is 0 Å². The number of hydrogen-bond donors (Lipinski definition) is 2. The van der Waals surface area contributed by atoms with Crippen molar-refractivity contribution in [1.82, 2.24) is 9.78 Å². The maximum Gasteiger partial charge on any atom is 0.193 e. The number of nitrogens with two attached hydrogens (primary N) is 1. The van der Waals surface area contributed by atoms with Crippen molar-refractivity contribution >= 4 is 39.1 Å². The van der Waals surface area contributed by atoms with Crippen molar-refractivity contribution in [1.29, 1.82) is 0 Å². The minimum atomic E-state index is 0.263. The van der Waals surface area contributed by atoms with Crippen molar-refractivity contribution < 1.29 is 0 Å². The van der Waals surface area contributed by atoms with Crippen LogP contribution in [0.5, 0.6) is 0 Å². The van der Waals surface area contributed by atoms with Crippen LogP contribution >= 0.6 is 28.1 Å². The first kappa shape index (κ1) is 11.7. The quantitative estimate of drug-likeness (QED) is 0.791. The summed E-state index contributed by atoms with van der Waals surface area (Å²) in [5.41, 5.74) is 8.87. The van der Waals surface area contributed by atoms with E-state index < -0.39 is 0 Å². The van der Waals surface area contributed by atoms with Crippen LogP contribution in [-0.4, -0.2) is 21.4 Å². The number of fused-ring (bicyclic) bond motifs is 1. The van der Waals surface area contributed by atoms with Gasteiger partial charge in [0.1, 0.15) is 5.82 Å². The average molecular weight is 323 g/mol. The lowest BCUT2D eigenvalue weighted by atomic mass is 10.1. The van der Waals surface area contributed by atoms with Crippen molar-refractivity contribution in [2.75, 3.05) is 11.9 Å². The van der Waals surface area contributed by atoms with Crippen molar-refractivity contribution in [2.45, 2.75) is 6.42 Å². The van der Waals surface area contributed by atoms with E-state index in [1.807, 2.05) is 24.3 Å². The first-order chi connectivity index (χ1) is 8.68. The maximum atomic E-state index is 5.70. The number of nitrogens with one attached hydrogen (secondary N) is 1. The van der Waals surface area contributed by atoms with Gasteiger partial charge in [0, 0.05) is 22.1 Å². The number of thiocarbonyl (C=S) groups is 1. The summed E-state index contributed by atoms with van der Waals surface area (Å²) < 4.78 is 2.62. The Kier molecular flexibility index (Phi) is 2.83. The Morgan fingerprint density at radius 2 is 2.22 bits per heavy atom. The van der Waals surface area contributed by atoms with Gasteiger partial charge < -0.3 is 11.1 Å². The Morgan fingerprint density at radius 1 is 1.44 bits per heavy atom. The van der Waals surface area contributed by atoms with Crippen LogP contribution in [0, 0.1) is 0 Å². The minimum Gasteiger partial charge on any atom is -0.374 e. The third kappa shape index (κ3) is 1.72. The van der Waals surface area contributed by atoms with Gasteiger partial charge in [0.15, 0.2) is 5.11 Å². The van der Waals surface area contributed by atoms with Crippen LogP contribution in [0.4, 0.5) is 5.82 Å². The fourth-order valence-corrected chi connectivity index (χ4v) is 2.81. The molecule has 0 amide bonds. The normalized spacial score (nSPS) is 13.2. The number of rotatable bonds is 1. The van der Waals surface area contributed by atoms with Crippen molar-refractivity contribution in [3.63, 3.8) is 0 Å². The Hall–Kier alpha value is -1.40. The molecule has 0 atom stereocenters. The highest BCUT2D eigenvalue weighted by molar-refractivity contribution is 9.10. The Labute approximate surface area is 118 Å². The molecule has 1 aromatic heterocycles. The number of anilines is 1. The number of benzene rings is 1. The van der Waals surface area contributed by atoms with Crippen molar-refractivity contribution in [3.8, 4) is 11.3 Å². The van der Waals surface area contributed by atoms with E-state index in [0.29, 0.717) is 0 Å². The van der Waals surface area contributed by atoms with Crippen molar-refractivity contribution in [3.05, 3.63) is 34.3 Å². The van der Waals surface area contributed by atoms with Gasteiger partial charge in [0.2, 0.25) is 0 Å². The summed E-state index contributed by atoms with van der Waals surface area (Å²) >= 11 is 8.58. The molecule has 0 spiro atoms. The Morgan fingerprint density at radius 3 is 2.94 bits per heavy atom. The van der Waals surface area contributed by atoms with Gasteiger partial charge in [-0.3, -0.25) is 0 Å². The van der Waals surface area contributed by atoms with Crippen LogP contribution < -0.4 is 11.1 Å². The van der Waals surface area contributed by atoms with Crippen LogP contribution in [0.2, 0.25) is 0 Å². The summed E-state index contributed by atoms with van der Waals surface area (Å²) in [5, 5.41) is 8.06. The zero-order valence-electron chi connectivity index (χ0n) is 9.48. The maximum absolute atomic E-state index is 5.70. The highest BCUT2D eigenvalue weighted by atomic mass is 79.9. The Balaban J connectivity index is 2.23. The summed E-state index contributed by atoms with van der Waals surface area (Å²) in [6.07, 6.45) is 0.939. The number of aromatic nitrogens is 2. The number of halogens is 1. The monoisotopic (exact) mass is 322 g/mol. The average Bonchev–Trinajstić information content (AvgIpc) is 2.90. The van der Waals surface area contributed by atoms with Crippen LogP contribution in [-0.2, 0) is 6.42 Å². The van der Waals surface area contributed by atoms with E-state index >= 15 is 0 Å². The van der Waals surface area contributed by atoms with E-state index in [0.717, 1.165) is 34.5 Å². The molecule has 0 saturated heterocycles. The number of hydrogen-bond acceptors (Lipinski definition) is 3. The minimum absolute atomic E-state index is 0.263. The molecule has 2 heterocycles. The molecule has 92 valence electrons. The van der Waals surface area contributed by atoms with Gasteiger partial charge in [-0.15, -0.1) is 0 Å². The molecule has 1 aromatic carbocycles. The van der Waals surface area contributed by atoms with E-state index in [1.54, 1.807) is 4.68 Å². The lowest BCUT2D eigenvalue weighted by molar-refractivity contribution is 0.935. The summed E-state index contributed by atoms with van der Waals surface area (Å²) in [7, 11) is 0. The molecule has 1 aliphatic rings. The van der Waals surface area contributed by atoms with E-state index in [-0.39, 0.29) is 5.11 Å². The molecule has 18 heavy (non-hydrogen) atoms. The fraction of sp³-hybridized carbons (Fsp3) is 0.167. The third-order valence-electron chi connectivity index (χ3n) is 2.99. The molecule has 0 aliphatic carbocycles. The van der Waals surface area contributed by atoms with Crippen molar-refractivity contribution in [2.24, 2.45) is 5.73 Å². The Bertz CT molecular complexity index is 635. The standard InChI is InChI=1S/C12H11BrN4S/c13-9-4-2-1-3-7(9)10-8-5-6-15-11(8)17(16-10)12(14)18/h1-4,15H,5-6H2,(H2,14,18). The summed E-state index contributed by atoms with van der Waals surface area (Å²) in [6.45, 7) is 0.896. The predicted molar refractivity (Wildman–Crippen MR) is 79.7 cm³/mol. The molecular weight excluding hydrogens is 312 g/mol. The molecule has 2 aromatic rings. The lowest BCUT2D eigenvalue weighted by Crippen LogP contribution is -2.22. The molecule has 1 aliphatic heterocycles. The summed E-state index contributed by atoms with van der Waals surface area (Å²) in [4.78, 5) is 0. The number of nitrogens with zero attached hydrogens (tertiary/aromatic N) is 2. The zero-order valence-corrected chi connectivity index (χ0v) is 11.9. The highest BCUT2D eigenvalue weighted by Gasteiger charge is 2.24. The van der Waals surface area contributed by atoms with E-state index in [4.69, 9.17) is 18.0 Å². The second-order valence-electron chi connectivity index (χ2n) is 4.08. The second-order valence-corrected chi connectivity index (χ2v) is 5.36. The molecule has 0 bridgehead atoms. The van der Waals surface area contributed by atoms with Gasteiger partial charge >= 0.3 is 0 Å². The molecule has 0 radical (unpaired) electrons. The smallest absolute Gasteiger partial charge is 0.193 e.